The van der Waals surface area contributed by atoms with Gasteiger partial charge in [-0.25, -0.2) is 0 Å². The van der Waals surface area contributed by atoms with Crippen molar-refractivity contribution in [2.75, 3.05) is 14.2 Å². The molecule has 7 nitrogen and oxygen atoms in total. The quantitative estimate of drug-likeness (QED) is 0.179. The minimum atomic E-state index is -0.775. The number of aromatic hydroxyl groups is 2. The SMILES string of the molecule is COc1c(C(=O)C(=Cc2cccc(O)c2)C(=O)c2ccccc2)c(O)c(OC)c2occc12. The molecule has 4 rings (SSSR count). The number of carbonyl (C=O) groups is 2. The van der Waals surface area contributed by atoms with Crippen LogP contribution in [-0.4, -0.2) is 36.0 Å². The second kappa shape index (κ2) is 8.92. The molecule has 0 fully saturated rings. The predicted molar refractivity (Wildman–Crippen MR) is 122 cm³/mol. The van der Waals surface area contributed by atoms with Crippen LogP contribution in [0.1, 0.15) is 26.3 Å². The largest absolute Gasteiger partial charge is 0.508 e. The second-order valence-corrected chi connectivity index (χ2v) is 7.13. The summed E-state index contributed by atoms with van der Waals surface area (Å²) in [6, 6.07) is 16.0. The molecule has 0 spiro atoms. The maximum absolute atomic E-state index is 13.8. The Kier molecular flexibility index (Phi) is 5.87. The monoisotopic (exact) mass is 444 g/mol. The highest BCUT2D eigenvalue weighted by Gasteiger charge is 2.31. The average Bonchev–Trinajstić information content (AvgIpc) is 3.31. The molecule has 1 aromatic heterocycles. The molecule has 0 radical (unpaired) electrons. The van der Waals surface area contributed by atoms with E-state index in [2.05, 4.69) is 0 Å². The van der Waals surface area contributed by atoms with Gasteiger partial charge in [0.25, 0.3) is 0 Å². The second-order valence-electron chi connectivity index (χ2n) is 7.13. The third-order valence-corrected chi connectivity index (χ3v) is 5.14. The number of phenolic OH excluding ortho intramolecular Hbond substituents is 2. The highest BCUT2D eigenvalue weighted by Crippen LogP contribution is 2.46. The van der Waals surface area contributed by atoms with E-state index in [1.165, 1.54) is 38.7 Å². The number of methoxy groups -OCH3 is 2. The summed E-state index contributed by atoms with van der Waals surface area (Å²) in [4.78, 5) is 27.2. The Labute approximate surface area is 189 Å². The molecule has 0 aliphatic heterocycles. The number of furan rings is 1. The van der Waals surface area contributed by atoms with Gasteiger partial charge in [-0.3, -0.25) is 9.59 Å². The summed E-state index contributed by atoms with van der Waals surface area (Å²) in [7, 11) is 2.68. The van der Waals surface area contributed by atoms with Gasteiger partial charge < -0.3 is 24.1 Å². The lowest BCUT2D eigenvalue weighted by molar-refractivity contribution is 0.0961. The van der Waals surface area contributed by atoms with Crippen LogP contribution in [0.25, 0.3) is 17.0 Å². The van der Waals surface area contributed by atoms with Crippen molar-refractivity contribution in [3.63, 3.8) is 0 Å². The molecule has 33 heavy (non-hydrogen) atoms. The molecular weight excluding hydrogens is 424 g/mol. The Morgan fingerprint density at radius 1 is 0.879 bits per heavy atom. The average molecular weight is 444 g/mol. The van der Waals surface area contributed by atoms with Crippen LogP contribution in [0.3, 0.4) is 0 Å². The summed E-state index contributed by atoms with van der Waals surface area (Å²) >= 11 is 0. The highest BCUT2D eigenvalue weighted by atomic mass is 16.5. The molecule has 0 saturated heterocycles. The van der Waals surface area contributed by atoms with Crippen molar-refractivity contribution in [3.05, 3.63) is 89.2 Å². The molecule has 7 heteroatoms. The lowest BCUT2D eigenvalue weighted by Gasteiger charge is -2.15. The van der Waals surface area contributed by atoms with Crippen molar-refractivity contribution in [2.45, 2.75) is 0 Å². The summed E-state index contributed by atoms with van der Waals surface area (Å²) in [6.07, 6.45) is 2.74. The van der Waals surface area contributed by atoms with Crippen molar-refractivity contribution >= 4 is 28.6 Å². The number of fused-ring (bicyclic) bond motifs is 1. The van der Waals surface area contributed by atoms with Gasteiger partial charge in [0.1, 0.15) is 17.1 Å². The third-order valence-electron chi connectivity index (χ3n) is 5.14. The van der Waals surface area contributed by atoms with E-state index in [9.17, 15) is 19.8 Å². The van der Waals surface area contributed by atoms with Gasteiger partial charge in [-0.05, 0) is 29.8 Å². The van der Waals surface area contributed by atoms with Crippen molar-refractivity contribution in [2.24, 2.45) is 0 Å². The lowest BCUT2D eigenvalue weighted by Crippen LogP contribution is -2.15. The molecule has 1 heterocycles. The summed E-state index contributed by atoms with van der Waals surface area (Å²) in [6.45, 7) is 0. The molecule has 0 aliphatic rings. The summed E-state index contributed by atoms with van der Waals surface area (Å²) in [5, 5.41) is 21.2. The van der Waals surface area contributed by atoms with Crippen LogP contribution in [0.4, 0.5) is 0 Å². The Hall–Kier alpha value is -4.52. The first-order valence-corrected chi connectivity index (χ1v) is 9.95. The summed E-state index contributed by atoms with van der Waals surface area (Å²) in [5.41, 5.74) is 0.449. The van der Waals surface area contributed by atoms with E-state index in [0.717, 1.165) is 0 Å². The minimum Gasteiger partial charge on any atom is -0.508 e. The van der Waals surface area contributed by atoms with E-state index in [4.69, 9.17) is 13.9 Å². The molecule has 0 amide bonds. The third kappa shape index (κ3) is 3.92. The van der Waals surface area contributed by atoms with Gasteiger partial charge in [-0.1, -0.05) is 42.5 Å². The fourth-order valence-corrected chi connectivity index (χ4v) is 3.63. The van der Waals surface area contributed by atoms with Gasteiger partial charge in [-0.15, -0.1) is 0 Å². The van der Waals surface area contributed by atoms with Gasteiger partial charge in [0.05, 0.1) is 31.4 Å². The van der Waals surface area contributed by atoms with Crippen molar-refractivity contribution in [1.29, 1.82) is 0 Å². The van der Waals surface area contributed by atoms with Crippen LogP contribution in [0.15, 0.2) is 76.9 Å². The topological polar surface area (TPSA) is 106 Å². The number of hydrogen-bond acceptors (Lipinski definition) is 7. The van der Waals surface area contributed by atoms with E-state index < -0.39 is 17.3 Å². The fraction of sp³-hybridized carbons (Fsp3) is 0.0769. The van der Waals surface area contributed by atoms with Gasteiger partial charge in [0.2, 0.25) is 11.5 Å². The number of ether oxygens (including phenoxy) is 2. The van der Waals surface area contributed by atoms with Gasteiger partial charge in [-0.2, -0.15) is 0 Å². The summed E-state index contributed by atoms with van der Waals surface area (Å²) < 4.78 is 16.1. The Bertz CT molecular complexity index is 1380. The minimum absolute atomic E-state index is 0.0235. The maximum atomic E-state index is 13.8. The van der Waals surface area contributed by atoms with Crippen LogP contribution in [-0.2, 0) is 0 Å². The van der Waals surface area contributed by atoms with Crippen LogP contribution in [0.5, 0.6) is 23.0 Å². The van der Waals surface area contributed by atoms with Gasteiger partial charge in [0, 0.05) is 5.56 Å². The number of phenols is 2. The molecular formula is C26H20O7. The summed E-state index contributed by atoms with van der Waals surface area (Å²) in [5.74, 6) is -1.87. The number of allylic oxidation sites excluding steroid dienone is 1. The van der Waals surface area contributed by atoms with E-state index in [1.807, 2.05) is 0 Å². The normalized spacial score (nSPS) is 11.4. The number of rotatable bonds is 7. The van der Waals surface area contributed by atoms with Crippen molar-refractivity contribution < 1.29 is 33.7 Å². The zero-order chi connectivity index (χ0) is 23.5. The number of hydrogen-bond donors (Lipinski definition) is 2. The van der Waals surface area contributed by atoms with E-state index in [1.54, 1.807) is 48.5 Å². The molecule has 0 aliphatic carbocycles. The van der Waals surface area contributed by atoms with Crippen LogP contribution in [0.2, 0.25) is 0 Å². The smallest absolute Gasteiger partial charge is 0.205 e. The molecule has 2 N–H and O–H groups in total. The zero-order valence-corrected chi connectivity index (χ0v) is 17.9. The van der Waals surface area contributed by atoms with Crippen LogP contribution >= 0.6 is 0 Å². The van der Waals surface area contributed by atoms with Crippen LogP contribution < -0.4 is 9.47 Å². The molecule has 0 saturated carbocycles. The van der Waals surface area contributed by atoms with Gasteiger partial charge >= 0.3 is 0 Å². The molecule has 0 bridgehead atoms. The maximum Gasteiger partial charge on any atom is 0.205 e. The number of benzene rings is 3. The number of Topliss-reactive ketones (excluding diaryl/α,β-unsaturated/α-hetero) is 2. The van der Waals surface area contributed by atoms with E-state index in [0.29, 0.717) is 10.9 Å². The van der Waals surface area contributed by atoms with E-state index in [-0.39, 0.29) is 39.5 Å². The lowest BCUT2D eigenvalue weighted by atomic mass is 9.92. The number of carbonyl (C=O) groups excluding carboxylic acids is 2. The van der Waals surface area contributed by atoms with Crippen molar-refractivity contribution in [1.82, 2.24) is 0 Å². The molecule has 166 valence electrons. The first kappa shape index (κ1) is 21.7. The molecule has 0 unspecified atom stereocenters. The van der Waals surface area contributed by atoms with E-state index >= 15 is 0 Å². The fourth-order valence-electron chi connectivity index (χ4n) is 3.63. The number of ketones is 2. The van der Waals surface area contributed by atoms with Crippen molar-refractivity contribution in [3.8, 4) is 23.0 Å². The first-order valence-electron chi connectivity index (χ1n) is 9.95. The standard InChI is InChI=1S/C26H20O7/c1-31-24-18-11-12-33-25(18)26(32-2)23(30)20(24)22(29)19(14-15-7-6-10-17(27)13-15)21(28)16-8-4-3-5-9-16/h3-14,27,30H,1-2H3. The molecule has 0 atom stereocenters. The molecule has 4 aromatic rings. The molecule has 3 aromatic carbocycles. The first-order chi connectivity index (χ1) is 16.0. The van der Waals surface area contributed by atoms with Gasteiger partial charge in [0.15, 0.2) is 17.1 Å². The highest BCUT2D eigenvalue weighted by molar-refractivity contribution is 6.35. The zero-order valence-electron chi connectivity index (χ0n) is 17.9. The predicted octanol–water partition coefficient (Wildman–Crippen LogP) is 5.01. The van der Waals surface area contributed by atoms with Crippen LogP contribution in [0, 0.1) is 0 Å². The Morgan fingerprint density at radius 2 is 1.61 bits per heavy atom. The Balaban J connectivity index is 1.97. The Morgan fingerprint density at radius 3 is 2.27 bits per heavy atom.